The van der Waals surface area contributed by atoms with Crippen molar-refractivity contribution in [1.29, 1.82) is 0 Å². The van der Waals surface area contributed by atoms with Crippen LogP contribution in [0.15, 0.2) is 54.5 Å². The molecular weight excluding hydrogens is 332 g/mol. The molecule has 0 bridgehead atoms. The zero-order valence-electron chi connectivity index (χ0n) is 13.3. The van der Waals surface area contributed by atoms with E-state index in [1.807, 2.05) is 0 Å². The van der Waals surface area contributed by atoms with Gasteiger partial charge in [0, 0.05) is 13.1 Å². The van der Waals surface area contributed by atoms with Crippen LogP contribution in [0.25, 0.3) is 0 Å². The van der Waals surface area contributed by atoms with Gasteiger partial charge in [0.25, 0.3) is 5.91 Å². The van der Waals surface area contributed by atoms with Gasteiger partial charge in [-0.1, -0.05) is 18.2 Å². The normalized spacial score (nSPS) is 12.0. The van der Waals surface area contributed by atoms with Gasteiger partial charge >= 0.3 is 5.97 Å². The summed E-state index contributed by atoms with van der Waals surface area (Å²) in [7, 11) is -3.75. The molecule has 24 heavy (non-hydrogen) atoms. The lowest BCUT2D eigenvalue weighted by atomic mass is 10.2. The van der Waals surface area contributed by atoms with Gasteiger partial charge < -0.3 is 10.1 Å². The molecule has 0 heterocycles. The second-order valence-corrected chi connectivity index (χ2v) is 6.52. The fourth-order valence-electron chi connectivity index (χ4n) is 1.64. The van der Waals surface area contributed by atoms with E-state index in [2.05, 4.69) is 23.2 Å². The Hall–Kier alpha value is -2.45. The van der Waals surface area contributed by atoms with Crippen molar-refractivity contribution in [1.82, 2.24) is 10.0 Å². The number of hydrogen-bond acceptors (Lipinski definition) is 5. The van der Waals surface area contributed by atoms with Gasteiger partial charge in [0.15, 0.2) is 6.10 Å². The van der Waals surface area contributed by atoms with Crippen LogP contribution in [-0.4, -0.2) is 39.5 Å². The number of esters is 1. The summed E-state index contributed by atoms with van der Waals surface area (Å²) in [6.07, 6.45) is 1.88. The van der Waals surface area contributed by atoms with Crippen LogP contribution in [-0.2, 0) is 19.6 Å². The molecule has 7 nitrogen and oxygen atoms in total. The summed E-state index contributed by atoms with van der Waals surface area (Å²) >= 11 is 0. The van der Waals surface area contributed by atoms with Gasteiger partial charge in [0.2, 0.25) is 10.0 Å². The second-order valence-electron chi connectivity index (χ2n) is 4.75. The van der Waals surface area contributed by atoms with E-state index in [1.165, 1.54) is 43.3 Å². The first-order chi connectivity index (χ1) is 11.3. The lowest BCUT2D eigenvalue weighted by Crippen LogP contribution is -2.35. The molecule has 1 rings (SSSR count). The quantitative estimate of drug-likeness (QED) is 0.510. The Balaban J connectivity index is 2.85. The second kappa shape index (κ2) is 8.99. The average Bonchev–Trinajstić information content (AvgIpc) is 2.57. The Morgan fingerprint density at radius 2 is 1.92 bits per heavy atom. The average molecular weight is 352 g/mol. The van der Waals surface area contributed by atoms with E-state index in [4.69, 9.17) is 4.74 Å². The van der Waals surface area contributed by atoms with E-state index in [0.717, 1.165) is 0 Å². The molecule has 0 aromatic heterocycles. The highest BCUT2D eigenvalue weighted by Crippen LogP contribution is 2.13. The largest absolute Gasteiger partial charge is 0.449 e. The summed E-state index contributed by atoms with van der Waals surface area (Å²) in [5, 5.41) is 2.50. The van der Waals surface area contributed by atoms with Crippen LogP contribution in [0.3, 0.4) is 0 Å². The van der Waals surface area contributed by atoms with Crippen LogP contribution in [0.5, 0.6) is 0 Å². The van der Waals surface area contributed by atoms with Crippen molar-refractivity contribution in [3.63, 3.8) is 0 Å². The minimum atomic E-state index is -3.75. The third-order valence-electron chi connectivity index (χ3n) is 2.87. The third-order valence-corrected chi connectivity index (χ3v) is 4.29. The van der Waals surface area contributed by atoms with Gasteiger partial charge in [-0.2, -0.15) is 0 Å². The molecule has 1 atom stereocenters. The van der Waals surface area contributed by atoms with Crippen molar-refractivity contribution < 1.29 is 22.7 Å². The van der Waals surface area contributed by atoms with Crippen LogP contribution in [0, 0.1) is 0 Å². The molecule has 0 aliphatic heterocycles. The maximum absolute atomic E-state index is 12.1. The first-order valence-corrected chi connectivity index (χ1v) is 8.60. The Labute approximate surface area is 141 Å². The number of sulfonamides is 1. The van der Waals surface area contributed by atoms with E-state index >= 15 is 0 Å². The molecule has 1 aromatic rings. The lowest BCUT2D eigenvalue weighted by molar-refractivity contribution is -0.128. The Morgan fingerprint density at radius 1 is 1.25 bits per heavy atom. The predicted octanol–water partition coefficient (Wildman–Crippen LogP) is 0.998. The van der Waals surface area contributed by atoms with E-state index in [9.17, 15) is 18.0 Å². The van der Waals surface area contributed by atoms with Crippen LogP contribution in [0.4, 0.5) is 0 Å². The number of amides is 1. The zero-order chi connectivity index (χ0) is 18.2. The molecule has 0 aliphatic rings. The molecule has 1 amide bonds. The van der Waals surface area contributed by atoms with Crippen LogP contribution >= 0.6 is 0 Å². The summed E-state index contributed by atoms with van der Waals surface area (Å²) in [4.78, 5) is 23.7. The highest BCUT2D eigenvalue weighted by Gasteiger charge is 2.20. The number of carbonyl (C=O) groups excluding carboxylic acids is 2. The number of carbonyl (C=O) groups is 2. The Morgan fingerprint density at radius 3 is 2.54 bits per heavy atom. The van der Waals surface area contributed by atoms with Gasteiger partial charge in [-0.3, -0.25) is 4.79 Å². The monoisotopic (exact) mass is 352 g/mol. The highest BCUT2D eigenvalue weighted by atomic mass is 32.2. The molecule has 0 spiro atoms. The minimum Gasteiger partial charge on any atom is -0.449 e. The molecule has 0 saturated carbocycles. The van der Waals surface area contributed by atoms with Crippen molar-refractivity contribution in [2.24, 2.45) is 0 Å². The van der Waals surface area contributed by atoms with Crippen molar-refractivity contribution in [2.45, 2.75) is 17.9 Å². The van der Waals surface area contributed by atoms with Crippen molar-refractivity contribution in [3.8, 4) is 0 Å². The zero-order valence-corrected chi connectivity index (χ0v) is 14.1. The summed E-state index contributed by atoms with van der Waals surface area (Å²) in [5.41, 5.74) is 0.0276. The fraction of sp³-hybridized carbons (Fsp3) is 0.250. The summed E-state index contributed by atoms with van der Waals surface area (Å²) in [6, 6.07) is 5.36. The molecule has 0 saturated heterocycles. The lowest BCUT2D eigenvalue weighted by Gasteiger charge is -2.13. The van der Waals surface area contributed by atoms with Crippen LogP contribution < -0.4 is 10.0 Å². The van der Waals surface area contributed by atoms with E-state index < -0.39 is 28.0 Å². The van der Waals surface area contributed by atoms with Crippen LogP contribution in [0.1, 0.15) is 17.3 Å². The number of benzene rings is 1. The Kier molecular flexibility index (Phi) is 7.34. The third kappa shape index (κ3) is 5.64. The standard InChI is InChI=1S/C16H20N2O5S/c1-4-9-17-15(19)12(3)23-16(20)13-7-6-8-14(11-13)24(21,22)18-10-5-2/h4-8,11-12,18H,1-2,9-10H2,3H3,(H,17,19)/t12-/m0/s1. The smallest absolute Gasteiger partial charge is 0.338 e. The maximum Gasteiger partial charge on any atom is 0.338 e. The van der Waals surface area contributed by atoms with Crippen LogP contribution in [0.2, 0.25) is 0 Å². The van der Waals surface area contributed by atoms with Gasteiger partial charge in [0.1, 0.15) is 0 Å². The van der Waals surface area contributed by atoms with Gasteiger partial charge in [0.05, 0.1) is 10.5 Å². The molecule has 0 radical (unpaired) electrons. The van der Waals surface area contributed by atoms with E-state index in [1.54, 1.807) is 0 Å². The molecular formula is C16H20N2O5S. The molecule has 130 valence electrons. The SMILES string of the molecule is C=CCNC(=O)[C@H](C)OC(=O)c1cccc(S(=O)(=O)NCC=C)c1. The van der Waals surface area contributed by atoms with Gasteiger partial charge in [-0.15, -0.1) is 13.2 Å². The molecule has 0 fully saturated rings. The minimum absolute atomic E-state index is 0.0276. The molecule has 0 unspecified atom stereocenters. The maximum atomic E-state index is 12.1. The molecule has 8 heteroatoms. The highest BCUT2D eigenvalue weighted by molar-refractivity contribution is 7.89. The molecule has 2 N–H and O–H groups in total. The number of nitrogens with one attached hydrogen (secondary N) is 2. The topological polar surface area (TPSA) is 102 Å². The van der Waals surface area contributed by atoms with E-state index in [-0.39, 0.29) is 23.5 Å². The first-order valence-electron chi connectivity index (χ1n) is 7.12. The van der Waals surface area contributed by atoms with Crippen molar-refractivity contribution in [2.75, 3.05) is 13.1 Å². The van der Waals surface area contributed by atoms with Crippen molar-refractivity contribution in [3.05, 3.63) is 55.1 Å². The van der Waals surface area contributed by atoms with Gasteiger partial charge in [-0.05, 0) is 25.1 Å². The van der Waals surface area contributed by atoms with Crippen molar-refractivity contribution >= 4 is 21.9 Å². The summed E-state index contributed by atoms with van der Waals surface area (Å²) in [6.45, 7) is 8.63. The molecule has 0 aliphatic carbocycles. The first kappa shape index (κ1) is 19.6. The van der Waals surface area contributed by atoms with Gasteiger partial charge in [-0.25, -0.2) is 17.9 Å². The number of ether oxygens (including phenoxy) is 1. The molecule has 1 aromatic carbocycles. The fourth-order valence-corrected chi connectivity index (χ4v) is 2.68. The van der Waals surface area contributed by atoms with E-state index in [0.29, 0.717) is 0 Å². The number of hydrogen-bond donors (Lipinski definition) is 2. The summed E-state index contributed by atoms with van der Waals surface area (Å²) < 4.78 is 31.4. The number of rotatable bonds is 9. The Bertz CT molecular complexity index is 728. The predicted molar refractivity (Wildman–Crippen MR) is 89.9 cm³/mol. The summed E-state index contributed by atoms with van der Waals surface area (Å²) in [5.74, 6) is -1.27.